The van der Waals surface area contributed by atoms with Gasteiger partial charge in [-0.3, -0.25) is 13.8 Å². The molecule has 0 radical (unpaired) electrons. The fraction of sp³-hybridized carbons (Fsp3) is 0.978. The molecule has 0 saturated carbocycles. The van der Waals surface area contributed by atoms with Crippen LogP contribution in [0.1, 0.15) is 232 Å². The molecule has 0 fully saturated rings. The first kappa shape index (κ1) is 53.5. The molecule has 2 unspecified atom stereocenters. The summed E-state index contributed by atoms with van der Waals surface area (Å²) in [7, 11) is 1.58. The maximum atomic E-state index is 12.0. The fourth-order valence-corrected chi connectivity index (χ4v) is 7.70. The Morgan fingerprint density at radius 1 is 0.500 bits per heavy atom. The van der Waals surface area contributed by atoms with Crippen LogP contribution >= 0.6 is 7.82 Å². The predicted octanol–water partition coefficient (Wildman–Crippen LogP) is 13.4. The normalized spacial score (nSPS) is 13.7. The molecule has 0 aliphatic carbocycles. The van der Waals surface area contributed by atoms with E-state index in [-0.39, 0.29) is 19.2 Å². The summed E-state index contributed by atoms with van der Waals surface area (Å²) in [6.07, 6.45) is 46.1. The average molecular weight is 791 g/mol. The number of esters is 1. The average Bonchev–Trinajstić information content (AvgIpc) is 3.12. The second kappa shape index (κ2) is 39.3. The number of quaternary nitrogens is 1. The van der Waals surface area contributed by atoms with Crippen molar-refractivity contribution in [2.45, 2.75) is 238 Å². The number of nitrogens with zero attached hydrogens (tertiary/aromatic N) is 1. The van der Waals surface area contributed by atoms with Gasteiger partial charge in [0.05, 0.1) is 27.7 Å². The molecule has 0 spiro atoms. The van der Waals surface area contributed by atoms with Crippen LogP contribution in [0.5, 0.6) is 0 Å². The Kier molecular flexibility index (Phi) is 39.0. The third-order valence-electron chi connectivity index (χ3n) is 10.6. The molecule has 0 bridgehead atoms. The van der Waals surface area contributed by atoms with Crippen LogP contribution in [0.3, 0.4) is 0 Å². The van der Waals surface area contributed by atoms with Crippen LogP contribution in [0.25, 0.3) is 0 Å². The lowest BCUT2D eigenvalue weighted by molar-refractivity contribution is -0.870. The molecule has 2 N–H and O–H groups in total. The van der Waals surface area contributed by atoms with Crippen molar-refractivity contribution >= 4 is 13.8 Å². The zero-order chi connectivity index (χ0) is 39.9. The summed E-state index contributed by atoms with van der Waals surface area (Å²) in [5, 5.41) is 9.92. The second-order valence-electron chi connectivity index (χ2n) is 17.4. The molecule has 2 atom stereocenters. The second-order valence-corrected chi connectivity index (χ2v) is 18.8. The first-order valence-corrected chi connectivity index (χ1v) is 24.8. The van der Waals surface area contributed by atoms with Crippen molar-refractivity contribution in [3.05, 3.63) is 0 Å². The highest BCUT2D eigenvalue weighted by molar-refractivity contribution is 7.47. The number of unbranched alkanes of at least 4 members (excludes halogenated alkanes) is 33. The minimum absolute atomic E-state index is 0.0576. The van der Waals surface area contributed by atoms with Crippen LogP contribution in [0.4, 0.5) is 0 Å². The number of carbonyl (C=O) groups excluding carboxylic acids is 1. The highest BCUT2D eigenvalue weighted by atomic mass is 31.2. The largest absolute Gasteiger partial charge is 0.472 e. The molecule has 54 heavy (non-hydrogen) atoms. The number of phosphoric ester groups is 1. The van der Waals surface area contributed by atoms with E-state index < -0.39 is 20.5 Å². The van der Waals surface area contributed by atoms with Gasteiger partial charge in [0.2, 0.25) is 0 Å². The highest BCUT2D eigenvalue weighted by Crippen LogP contribution is 2.43. The number of rotatable bonds is 44. The minimum atomic E-state index is -4.25. The third kappa shape index (κ3) is 44.2. The topological polar surface area (TPSA) is 102 Å². The molecule has 324 valence electrons. The van der Waals surface area contributed by atoms with Crippen LogP contribution < -0.4 is 0 Å². The Hall–Kier alpha value is -0.500. The number of phosphoric acid groups is 1. The van der Waals surface area contributed by atoms with E-state index in [1.165, 1.54) is 199 Å². The SMILES string of the molecule is CCCCCCCCCCCCCCCCCCCCCCCCCCCCCCCCCCCCC(=O)OCC(O)COP(=O)(O)OCC[N+](C)(C)C. The molecule has 0 aromatic heterocycles. The molecular weight excluding hydrogens is 697 g/mol. The van der Waals surface area contributed by atoms with E-state index in [9.17, 15) is 19.4 Å². The number of hydrogen-bond acceptors (Lipinski definition) is 6. The van der Waals surface area contributed by atoms with Gasteiger partial charge in [0, 0.05) is 6.42 Å². The maximum absolute atomic E-state index is 12.0. The Morgan fingerprint density at radius 3 is 1.09 bits per heavy atom. The van der Waals surface area contributed by atoms with E-state index >= 15 is 0 Å². The summed E-state index contributed by atoms with van der Waals surface area (Å²) in [5.74, 6) is -0.365. The zero-order valence-corrected chi connectivity index (χ0v) is 37.4. The van der Waals surface area contributed by atoms with Crippen molar-refractivity contribution in [1.82, 2.24) is 0 Å². The Balaban J connectivity index is 3.28. The van der Waals surface area contributed by atoms with Crippen LogP contribution in [-0.4, -0.2) is 74.1 Å². The molecule has 0 aliphatic heterocycles. The van der Waals surface area contributed by atoms with Crippen molar-refractivity contribution in [1.29, 1.82) is 0 Å². The quantitative estimate of drug-likeness (QED) is 0.0274. The van der Waals surface area contributed by atoms with Gasteiger partial charge >= 0.3 is 13.8 Å². The summed E-state index contributed by atoms with van der Waals surface area (Å²) in [6.45, 7) is 2.19. The van der Waals surface area contributed by atoms with Crippen LogP contribution in [-0.2, 0) is 23.1 Å². The maximum Gasteiger partial charge on any atom is 0.472 e. The number of aliphatic hydroxyl groups is 1. The molecule has 0 heterocycles. The molecule has 0 rings (SSSR count). The molecule has 0 aliphatic rings. The van der Waals surface area contributed by atoms with Crippen LogP contribution in [0, 0.1) is 0 Å². The van der Waals surface area contributed by atoms with Gasteiger partial charge < -0.3 is 19.2 Å². The lowest BCUT2D eigenvalue weighted by atomic mass is 10.0. The van der Waals surface area contributed by atoms with E-state index in [0.29, 0.717) is 17.4 Å². The predicted molar refractivity (Wildman–Crippen MR) is 229 cm³/mol. The van der Waals surface area contributed by atoms with Gasteiger partial charge in [-0.2, -0.15) is 0 Å². The fourth-order valence-electron chi connectivity index (χ4n) is 6.96. The smallest absolute Gasteiger partial charge is 0.463 e. The summed E-state index contributed by atoms with van der Waals surface area (Å²) < 4.78 is 27.3. The van der Waals surface area contributed by atoms with Gasteiger partial charge in [-0.05, 0) is 6.42 Å². The van der Waals surface area contributed by atoms with Crippen molar-refractivity contribution in [3.63, 3.8) is 0 Å². The number of aliphatic hydroxyl groups excluding tert-OH is 1. The van der Waals surface area contributed by atoms with Gasteiger partial charge in [-0.1, -0.05) is 219 Å². The van der Waals surface area contributed by atoms with Crippen LogP contribution in [0.2, 0.25) is 0 Å². The van der Waals surface area contributed by atoms with E-state index in [1.54, 1.807) is 0 Å². The molecule has 9 heteroatoms. The highest BCUT2D eigenvalue weighted by Gasteiger charge is 2.24. The van der Waals surface area contributed by atoms with E-state index in [1.807, 2.05) is 21.1 Å². The summed E-state index contributed by atoms with van der Waals surface area (Å²) >= 11 is 0. The molecule has 0 aromatic carbocycles. The van der Waals surface area contributed by atoms with Crippen molar-refractivity contribution in [3.8, 4) is 0 Å². The Labute approximate surface area is 335 Å². The first-order chi connectivity index (χ1) is 26.1. The molecule has 0 saturated heterocycles. The number of likely N-dealkylation sites (N-methyl/N-ethyl adjacent to an activating group) is 1. The number of ether oxygens (including phenoxy) is 1. The van der Waals surface area contributed by atoms with Crippen molar-refractivity contribution in [2.75, 3.05) is 47.5 Å². The summed E-state index contributed by atoms with van der Waals surface area (Å²) in [6, 6.07) is 0. The minimum Gasteiger partial charge on any atom is -0.463 e. The monoisotopic (exact) mass is 791 g/mol. The standard InChI is InChI=1S/C45H92NO7P/c1-5-6-7-8-9-10-11-12-13-14-15-16-17-18-19-20-21-22-23-24-25-26-27-28-29-30-31-32-33-34-35-36-37-38-39-45(48)51-42-44(47)43-53-54(49,50)52-41-40-46(2,3)4/h44,47H,5-43H2,1-4H3/p+1. The van der Waals surface area contributed by atoms with Crippen molar-refractivity contribution in [2.24, 2.45) is 0 Å². The van der Waals surface area contributed by atoms with E-state index in [2.05, 4.69) is 6.92 Å². The molecular formula is C45H93NO7P+. The third-order valence-corrected chi connectivity index (χ3v) is 11.6. The zero-order valence-electron chi connectivity index (χ0n) is 36.5. The van der Waals surface area contributed by atoms with E-state index in [4.69, 9.17) is 13.8 Å². The Morgan fingerprint density at radius 2 is 0.796 bits per heavy atom. The Bertz CT molecular complexity index is 837. The first-order valence-electron chi connectivity index (χ1n) is 23.3. The van der Waals surface area contributed by atoms with Crippen LogP contribution in [0.15, 0.2) is 0 Å². The molecule has 0 aromatic rings. The van der Waals surface area contributed by atoms with Crippen molar-refractivity contribution < 1.29 is 37.6 Å². The van der Waals surface area contributed by atoms with Gasteiger partial charge in [0.25, 0.3) is 0 Å². The molecule has 8 nitrogen and oxygen atoms in total. The van der Waals surface area contributed by atoms with Gasteiger partial charge in [0.1, 0.15) is 25.9 Å². The van der Waals surface area contributed by atoms with E-state index in [0.717, 1.165) is 19.3 Å². The van der Waals surface area contributed by atoms with Gasteiger partial charge in [-0.25, -0.2) is 4.57 Å². The summed E-state index contributed by atoms with van der Waals surface area (Å²) in [5.41, 5.74) is 0. The number of hydrogen-bond donors (Lipinski definition) is 2. The van der Waals surface area contributed by atoms with Gasteiger partial charge in [0.15, 0.2) is 0 Å². The number of carbonyl (C=O) groups is 1. The lowest BCUT2D eigenvalue weighted by Gasteiger charge is -2.24. The lowest BCUT2D eigenvalue weighted by Crippen LogP contribution is -2.37. The van der Waals surface area contributed by atoms with Gasteiger partial charge in [-0.15, -0.1) is 0 Å². The molecule has 0 amide bonds. The summed E-state index contributed by atoms with van der Waals surface area (Å²) in [4.78, 5) is 21.7.